The van der Waals surface area contributed by atoms with Crippen molar-refractivity contribution in [1.82, 2.24) is 5.32 Å². The average molecular weight is 244 g/mol. The van der Waals surface area contributed by atoms with Crippen molar-refractivity contribution in [3.05, 3.63) is 29.3 Å². The number of anilines is 1. The summed E-state index contributed by atoms with van der Waals surface area (Å²) in [6, 6.07) is 4.11. The van der Waals surface area contributed by atoms with Crippen LogP contribution in [0.15, 0.2) is 18.2 Å². The topological polar surface area (TPSA) is 15.3 Å². The quantitative estimate of drug-likeness (QED) is 0.817. The molecule has 17 heavy (non-hydrogen) atoms. The molecule has 2 nitrogen and oxygen atoms in total. The highest BCUT2D eigenvalue weighted by Gasteiger charge is 2.32. The molecule has 1 atom stereocenters. The Hall–Kier alpha value is -1.23. The first kappa shape index (κ1) is 12.2. The molecule has 1 aliphatic heterocycles. The molecule has 2 rings (SSSR count). The fraction of sp³-hybridized carbons (Fsp3) is 0.500. The van der Waals surface area contributed by atoms with Crippen molar-refractivity contribution in [3.8, 4) is 0 Å². The second kappa shape index (κ2) is 4.22. The first-order valence-electron chi connectivity index (χ1n) is 5.53. The molecular formula is C12H15F3N2. The van der Waals surface area contributed by atoms with Gasteiger partial charge in [0.2, 0.25) is 0 Å². The molecule has 1 aromatic carbocycles. The van der Waals surface area contributed by atoms with Crippen LogP contribution in [0, 0.1) is 0 Å². The zero-order chi connectivity index (χ0) is 12.6. The summed E-state index contributed by atoms with van der Waals surface area (Å²) >= 11 is 0. The zero-order valence-electron chi connectivity index (χ0n) is 9.80. The smallest absolute Gasteiger partial charge is 0.374 e. The van der Waals surface area contributed by atoms with Crippen LogP contribution in [0.4, 0.5) is 18.9 Å². The summed E-state index contributed by atoms with van der Waals surface area (Å²) in [5, 5.41) is 3.13. The Kier molecular flexibility index (Phi) is 3.03. The molecular weight excluding hydrogens is 229 g/mol. The predicted octanol–water partition coefficient (Wildman–Crippen LogP) is 2.81. The van der Waals surface area contributed by atoms with Gasteiger partial charge in [0.15, 0.2) is 0 Å². The molecule has 1 aliphatic rings. The normalized spacial score (nSPS) is 20.3. The van der Waals surface area contributed by atoms with E-state index in [9.17, 15) is 13.2 Å². The van der Waals surface area contributed by atoms with Crippen LogP contribution < -0.4 is 10.2 Å². The van der Waals surface area contributed by atoms with E-state index in [1.54, 1.807) is 6.07 Å². The average Bonchev–Trinajstić information content (AvgIpc) is 2.28. The van der Waals surface area contributed by atoms with Gasteiger partial charge in [-0.1, -0.05) is 6.07 Å². The molecule has 1 aromatic rings. The molecule has 0 amide bonds. The summed E-state index contributed by atoms with van der Waals surface area (Å²) in [5.41, 5.74) is 1.03. The maximum Gasteiger partial charge on any atom is 0.416 e. The highest BCUT2D eigenvalue weighted by molar-refractivity contribution is 5.58. The fourth-order valence-electron chi connectivity index (χ4n) is 2.24. The lowest BCUT2D eigenvalue weighted by molar-refractivity contribution is -0.137. The van der Waals surface area contributed by atoms with E-state index in [0.717, 1.165) is 24.6 Å². The molecule has 1 heterocycles. The second-order valence-corrected chi connectivity index (χ2v) is 4.32. The minimum atomic E-state index is -4.28. The van der Waals surface area contributed by atoms with Crippen LogP contribution in [0.25, 0.3) is 0 Å². The largest absolute Gasteiger partial charge is 0.416 e. The Balaban J connectivity index is 2.46. The van der Waals surface area contributed by atoms with Gasteiger partial charge < -0.3 is 10.2 Å². The lowest BCUT2D eigenvalue weighted by Gasteiger charge is -2.33. The predicted molar refractivity (Wildman–Crippen MR) is 61.1 cm³/mol. The van der Waals surface area contributed by atoms with E-state index in [4.69, 9.17) is 0 Å². The van der Waals surface area contributed by atoms with Gasteiger partial charge in [0.05, 0.1) is 5.56 Å². The van der Waals surface area contributed by atoms with E-state index in [2.05, 4.69) is 5.32 Å². The van der Waals surface area contributed by atoms with Gasteiger partial charge in [0.25, 0.3) is 0 Å². The number of hydrogen-bond donors (Lipinski definition) is 1. The third kappa shape index (κ3) is 2.24. The highest BCUT2D eigenvalue weighted by Crippen LogP contribution is 2.38. The lowest BCUT2D eigenvalue weighted by atomic mass is 9.95. The first-order valence-corrected chi connectivity index (χ1v) is 5.53. The van der Waals surface area contributed by atoms with Crippen LogP contribution in [0.3, 0.4) is 0 Å². The molecule has 0 saturated heterocycles. The van der Waals surface area contributed by atoms with Crippen molar-refractivity contribution in [3.63, 3.8) is 0 Å². The van der Waals surface area contributed by atoms with E-state index in [1.165, 1.54) is 6.07 Å². The standard InChI is InChI=1S/C12H15F3N2/c1-16-10-5-6-17(2)11-7-8(12(13,14)15)3-4-9(10)11/h3-4,7,10,16H,5-6H2,1-2H3/t10-/m1/s1. The Morgan fingerprint density at radius 3 is 2.65 bits per heavy atom. The number of hydrogen-bond acceptors (Lipinski definition) is 2. The van der Waals surface area contributed by atoms with E-state index in [0.29, 0.717) is 5.69 Å². The Morgan fingerprint density at radius 2 is 2.06 bits per heavy atom. The van der Waals surface area contributed by atoms with Crippen LogP contribution >= 0.6 is 0 Å². The van der Waals surface area contributed by atoms with E-state index >= 15 is 0 Å². The fourth-order valence-corrected chi connectivity index (χ4v) is 2.24. The van der Waals surface area contributed by atoms with Gasteiger partial charge in [-0.25, -0.2) is 0 Å². The molecule has 0 radical (unpaired) electrons. The van der Waals surface area contributed by atoms with Gasteiger partial charge in [-0.3, -0.25) is 0 Å². The van der Waals surface area contributed by atoms with Gasteiger partial charge in [0.1, 0.15) is 0 Å². The Morgan fingerprint density at radius 1 is 1.35 bits per heavy atom. The van der Waals surface area contributed by atoms with Gasteiger partial charge >= 0.3 is 6.18 Å². The van der Waals surface area contributed by atoms with Crippen molar-refractivity contribution >= 4 is 5.69 Å². The van der Waals surface area contributed by atoms with Crippen molar-refractivity contribution in [2.75, 3.05) is 25.5 Å². The van der Waals surface area contributed by atoms with Crippen molar-refractivity contribution < 1.29 is 13.2 Å². The van der Waals surface area contributed by atoms with Crippen molar-refractivity contribution in [2.45, 2.75) is 18.6 Å². The molecule has 0 bridgehead atoms. The van der Waals surface area contributed by atoms with E-state index in [1.807, 2.05) is 19.0 Å². The summed E-state index contributed by atoms with van der Waals surface area (Å²) in [6.45, 7) is 0.764. The van der Waals surface area contributed by atoms with E-state index < -0.39 is 11.7 Å². The molecule has 0 unspecified atom stereocenters. The SMILES string of the molecule is CN[C@@H]1CCN(C)c2cc(C(F)(F)F)ccc21. The van der Waals surface area contributed by atoms with Crippen molar-refractivity contribution in [2.24, 2.45) is 0 Å². The Labute approximate surface area is 98.4 Å². The first-order chi connectivity index (χ1) is 7.93. The summed E-state index contributed by atoms with van der Waals surface area (Å²) < 4.78 is 37.9. The van der Waals surface area contributed by atoms with Crippen LogP contribution in [-0.2, 0) is 6.18 Å². The summed E-state index contributed by atoms with van der Waals surface area (Å²) in [4.78, 5) is 1.87. The van der Waals surface area contributed by atoms with Gasteiger partial charge in [-0.15, -0.1) is 0 Å². The van der Waals surface area contributed by atoms with E-state index in [-0.39, 0.29) is 6.04 Å². The molecule has 0 aromatic heterocycles. The number of nitrogens with one attached hydrogen (secondary N) is 1. The number of nitrogens with zero attached hydrogens (tertiary/aromatic N) is 1. The lowest BCUT2D eigenvalue weighted by Crippen LogP contribution is -2.32. The number of halogens is 3. The molecule has 5 heteroatoms. The van der Waals surface area contributed by atoms with Gasteiger partial charge in [-0.05, 0) is 31.2 Å². The maximum atomic E-state index is 12.6. The third-order valence-corrected chi connectivity index (χ3v) is 3.25. The summed E-state index contributed by atoms with van der Waals surface area (Å²) in [5.74, 6) is 0. The third-order valence-electron chi connectivity index (χ3n) is 3.25. The molecule has 0 aliphatic carbocycles. The van der Waals surface area contributed by atoms with Crippen molar-refractivity contribution in [1.29, 1.82) is 0 Å². The van der Waals surface area contributed by atoms with Gasteiger partial charge in [-0.2, -0.15) is 13.2 Å². The Bertz CT molecular complexity index is 415. The van der Waals surface area contributed by atoms with Gasteiger partial charge in [0, 0.05) is 25.3 Å². The minimum absolute atomic E-state index is 0.142. The zero-order valence-corrected chi connectivity index (χ0v) is 9.80. The highest BCUT2D eigenvalue weighted by atomic mass is 19.4. The molecule has 0 fully saturated rings. The van der Waals surface area contributed by atoms with Crippen LogP contribution in [0.2, 0.25) is 0 Å². The molecule has 94 valence electrons. The monoisotopic (exact) mass is 244 g/mol. The number of alkyl halides is 3. The number of fused-ring (bicyclic) bond motifs is 1. The number of rotatable bonds is 1. The molecule has 0 saturated carbocycles. The second-order valence-electron chi connectivity index (χ2n) is 4.32. The van der Waals surface area contributed by atoms with Crippen LogP contribution in [0.1, 0.15) is 23.6 Å². The maximum absolute atomic E-state index is 12.6. The summed E-state index contributed by atoms with van der Waals surface area (Å²) in [7, 11) is 3.66. The molecule has 1 N–H and O–H groups in total. The number of benzene rings is 1. The molecule has 0 spiro atoms. The van der Waals surface area contributed by atoms with Crippen LogP contribution in [-0.4, -0.2) is 20.6 Å². The summed E-state index contributed by atoms with van der Waals surface area (Å²) in [6.07, 6.45) is -3.37. The minimum Gasteiger partial charge on any atom is -0.374 e. The van der Waals surface area contributed by atoms with Crippen LogP contribution in [0.5, 0.6) is 0 Å².